The Labute approximate surface area is 78.1 Å². The van der Waals surface area contributed by atoms with Crippen LogP contribution in [-0.4, -0.2) is 5.54 Å². The quantitative estimate of drug-likeness (QED) is 0.584. The Kier molecular flexibility index (Phi) is 1.29. The molecule has 0 atom stereocenters. The Bertz CT molecular complexity index is 353. The topological polar surface area (TPSA) is 38.0 Å². The number of hydrogen-bond donors (Lipinski definition) is 2. The summed E-state index contributed by atoms with van der Waals surface area (Å²) in [6, 6.07) is 6.27. The van der Waals surface area contributed by atoms with E-state index in [0.29, 0.717) is 5.54 Å². The van der Waals surface area contributed by atoms with Gasteiger partial charge in [-0.1, -0.05) is 6.07 Å². The SMILES string of the molecule is Nc1ccc2c(c1)CC1(CC1)NC2. The minimum atomic E-state index is 0.459. The number of fused-ring (bicyclic) bond motifs is 1. The molecule has 2 nitrogen and oxygen atoms in total. The summed E-state index contributed by atoms with van der Waals surface area (Å²) in [6.07, 6.45) is 3.84. The molecule has 68 valence electrons. The van der Waals surface area contributed by atoms with Crippen LogP contribution in [0.5, 0.6) is 0 Å². The Morgan fingerprint density at radius 3 is 2.85 bits per heavy atom. The zero-order valence-corrected chi connectivity index (χ0v) is 7.64. The second-order valence-electron chi connectivity index (χ2n) is 4.34. The van der Waals surface area contributed by atoms with Gasteiger partial charge in [-0.3, -0.25) is 0 Å². The molecule has 0 bridgehead atoms. The molecule has 1 spiro atoms. The fourth-order valence-electron chi connectivity index (χ4n) is 2.20. The van der Waals surface area contributed by atoms with Crippen LogP contribution in [0.1, 0.15) is 24.0 Å². The Balaban J connectivity index is 2.02. The predicted octanol–water partition coefficient (Wildman–Crippen LogP) is 1.45. The molecule has 0 saturated heterocycles. The molecule has 13 heavy (non-hydrogen) atoms. The minimum Gasteiger partial charge on any atom is -0.399 e. The van der Waals surface area contributed by atoms with Crippen LogP contribution in [0, 0.1) is 0 Å². The smallest absolute Gasteiger partial charge is 0.0316 e. The van der Waals surface area contributed by atoms with Crippen LogP contribution in [0.4, 0.5) is 5.69 Å². The van der Waals surface area contributed by atoms with E-state index in [2.05, 4.69) is 17.4 Å². The van der Waals surface area contributed by atoms with Gasteiger partial charge in [-0.15, -0.1) is 0 Å². The van der Waals surface area contributed by atoms with E-state index in [1.165, 1.54) is 30.4 Å². The van der Waals surface area contributed by atoms with Gasteiger partial charge in [0.15, 0.2) is 0 Å². The van der Waals surface area contributed by atoms with Gasteiger partial charge < -0.3 is 11.1 Å². The van der Waals surface area contributed by atoms with Gasteiger partial charge in [0.05, 0.1) is 0 Å². The lowest BCUT2D eigenvalue weighted by Crippen LogP contribution is -2.37. The van der Waals surface area contributed by atoms with Gasteiger partial charge in [-0.05, 0) is 42.5 Å². The normalized spacial score (nSPS) is 22.8. The molecule has 0 unspecified atom stereocenters. The third-order valence-corrected chi connectivity index (χ3v) is 3.27. The van der Waals surface area contributed by atoms with Crippen molar-refractivity contribution in [3.05, 3.63) is 29.3 Å². The summed E-state index contributed by atoms with van der Waals surface area (Å²) >= 11 is 0. The van der Waals surface area contributed by atoms with Crippen molar-refractivity contribution in [3.63, 3.8) is 0 Å². The van der Waals surface area contributed by atoms with E-state index in [4.69, 9.17) is 5.73 Å². The monoisotopic (exact) mass is 174 g/mol. The maximum Gasteiger partial charge on any atom is 0.0316 e. The van der Waals surface area contributed by atoms with Crippen LogP contribution in [-0.2, 0) is 13.0 Å². The molecule has 3 N–H and O–H groups in total. The van der Waals surface area contributed by atoms with E-state index >= 15 is 0 Å². The number of hydrogen-bond acceptors (Lipinski definition) is 2. The molecule has 0 radical (unpaired) electrons. The number of benzene rings is 1. The summed E-state index contributed by atoms with van der Waals surface area (Å²) in [4.78, 5) is 0. The first-order valence-corrected chi connectivity index (χ1v) is 4.90. The van der Waals surface area contributed by atoms with Crippen LogP contribution in [0.3, 0.4) is 0 Å². The molecule has 3 rings (SSSR count). The van der Waals surface area contributed by atoms with Crippen molar-refractivity contribution < 1.29 is 0 Å². The fourth-order valence-corrected chi connectivity index (χ4v) is 2.20. The van der Waals surface area contributed by atoms with Crippen molar-refractivity contribution in [2.45, 2.75) is 31.3 Å². The highest BCUT2D eigenvalue weighted by atomic mass is 15.0. The highest BCUT2D eigenvalue weighted by Gasteiger charge is 2.44. The van der Waals surface area contributed by atoms with Crippen molar-refractivity contribution in [2.24, 2.45) is 0 Å². The Morgan fingerprint density at radius 1 is 1.23 bits per heavy atom. The van der Waals surface area contributed by atoms with Gasteiger partial charge in [-0.2, -0.15) is 0 Å². The third kappa shape index (κ3) is 1.13. The standard InChI is InChI=1S/C11H14N2/c12-10-2-1-8-7-13-11(3-4-11)6-9(8)5-10/h1-2,5,13H,3-4,6-7,12H2. The fraction of sp³-hybridized carbons (Fsp3) is 0.455. The number of nitrogen functional groups attached to an aromatic ring is 1. The Hall–Kier alpha value is -1.02. The molecular formula is C11H14N2. The second-order valence-corrected chi connectivity index (χ2v) is 4.34. The second kappa shape index (κ2) is 2.26. The van der Waals surface area contributed by atoms with E-state index in [1.54, 1.807) is 0 Å². The van der Waals surface area contributed by atoms with E-state index in [9.17, 15) is 0 Å². The zero-order valence-electron chi connectivity index (χ0n) is 7.64. The van der Waals surface area contributed by atoms with Crippen LogP contribution in [0.25, 0.3) is 0 Å². The molecule has 1 aliphatic heterocycles. The molecule has 1 aromatic carbocycles. The molecule has 0 aromatic heterocycles. The summed E-state index contributed by atoms with van der Waals surface area (Å²) in [6.45, 7) is 1.02. The summed E-state index contributed by atoms with van der Waals surface area (Å²) in [5, 5.41) is 3.60. The summed E-state index contributed by atoms with van der Waals surface area (Å²) in [5.41, 5.74) is 10.0. The first kappa shape index (κ1) is 7.39. The van der Waals surface area contributed by atoms with Crippen LogP contribution in [0.15, 0.2) is 18.2 Å². The van der Waals surface area contributed by atoms with E-state index in [1.807, 2.05) is 6.07 Å². The van der Waals surface area contributed by atoms with Gasteiger partial charge in [0.1, 0.15) is 0 Å². The Morgan fingerprint density at radius 2 is 2.08 bits per heavy atom. The van der Waals surface area contributed by atoms with Crippen molar-refractivity contribution >= 4 is 5.69 Å². The molecule has 1 fully saturated rings. The van der Waals surface area contributed by atoms with Crippen LogP contribution in [0.2, 0.25) is 0 Å². The molecule has 1 heterocycles. The predicted molar refractivity (Wildman–Crippen MR) is 53.4 cm³/mol. The first-order chi connectivity index (χ1) is 6.27. The largest absolute Gasteiger partial charge is 0.399 e. The lowest BCUT2D eigenvalue weighted by molar-refractivity contribution is 0.464. The minimum absolute atomic E-state index is 0.459. The third-order valence-electron chi connectivity index (χ3n) is 3.27. The van der Waals surface area contributed by atoms with Gasteiger partial charge in [0.2, 0.25) is 0 Å². The van der Waals surface area contributed by atoms with Gasteiger partial charge in [0, 0.05) is 17.8 Å². The molecule has 0 amide bonds. The summed E-state index contributed by atoms with van der Waals surface area (Å²) < 4.78 is 0. The number of anilines is 1. The van der Waals surface area contributed by atoms with Gasteiger partial charge in [0.25, 0.3) is 0 Å². The molecule has 2 heteroatoms. The van der Waals surface area contributed by atoms with Gasteiger partial charge in [-0.25, -0.2) is 0 Å². The van der Waals surface area contributed by atoms with Crippen molar-refractivity contribution in [1.29, 1.82) is 0 Å². The highest BCUT2D eigenvalue weighted by Crippen LogP contribution is 2.42. The highest BCUT2D eigenvalue weighted by molar-refractivity contribution is 5.47. The van der Waals surface area contributed by atoms with Crippen molar-refractivity contribution in [3.8, 4) is 0 Å². The summed E-state index contributed by atoms with van der Waals surface area (Å²) in [7, 11) is 0. The summed E-state index contributed by atoms with van der Waals surface area (Å²) in [5.74, 6) is 0. The number of rotatable bonds is 0. The van der Waals surface area contributed by atoms with E-state index < -0.39 is 0 Å². The molecule has 2 aliphatic rings. The maximum absolute atomic E-state index is 5.77. The van der Waals surface area contributed by atoms with Crippen LogP contribution >= 0.6 is 0 Å². The van der Waals surface area contributed by atoms with Crippen LogP contribution < -0.4 is 11.1 Å². The maximum atomic E-state index is 5.77. The molecule has 1 saturated carbocycles. The lowest BCUT2D eigenvalue weighted by Gasteiger charge is -2.26. The zero-order chi connectivity index (χ0) is 8.89. The number of nitrogens with one attached hydrogen (secondary N) is 1. The van der Waals surface area contributed by atoms with E-state index in [-0.39, 0.29) is 0 Å². The molecule has 1 aliphatic carbocycles. The molecular weight excluding hydrogens is 160 g/mol. The number of nitrogens with two attached hydrogens (primary N) is 1. The van der Waals surface area contributed by atoms with E-state index in [0.717, 1.165) is 12.2 Å². The van der Waals surface area contributed by atoms with Gasteiger partial charge >= 0.3 is 0 Å². The average molecular weight is 174 g/mol. The van der Waals surface area contributed by atoms with Crippen molar-refractivity contribution in [2.75, 3.05) is 5.73 Å². The average Bonchev–Trinajstić information content (AvgIpc) is 2.84. The first-order valence-electron chi connectivity index (χ1n) is 4.90. The molecule has 1 aromatic rings. The lowest BCUT2D eigenvalue weighted by atomic mass is 9.94. The van der Waals surface area contributed by atoms with Crippen molar-refractivity contribution in [1.82, 2.24) is 5.32 Å².